The minimum Gasteiger partial charge on any atom is -0.414 e. The Labute approximate surface area is 137 Å². The SMILES string of the molecule is Cc1cccc(-c2nnc(-c3nc4ccccc4n(C)c3=O)o2)c1. The van der Waals surface area contributed by atoms with E-state index in [4.69, 9.17) is 4.42 Å². The first kappa shape index (κ1) is 14.3. The Morgan fingerprint density at radius 3 is 2.62 bits per heavy atom. The van der Waals surface area contributed by atoms with E-state index in [1.165, 1.54) is 4.57 Å². The molecule has 2 aromatic heterocycles. The van der Waals surface area contributed by atoms with E-state index < -0.39 is 0 Å². The van der Waals surface area contributed by atoms with Crippen LogP contribution in [0.5, 0.6) is 0 Å². The lowest BCUT2D eigenvalue weighted by molar-refractivity contribution is 0.580. The number of rotatable bonds is 2. The molecule has 4 aromatic rings. The zero-order valence-electron chi connectivity index (χ0n) is 13.2. The molecule has 0 amide bonds. The fourth-order valence-corrected chi connectivity index (χ4v) is 2.63. The third-order valence-electron chi connectivity index (χ3n) is 3.88. The lowest BCUT2D eigenvalue weighted by atomic mass is 10.1. The molecule has 0 aliphatic rings. The van der Waals surface area contributed by atoms with Crippen LogP contribution in [0.2, 0.25) is 0 Å². The molecule has 0 atom stereocenters. The van der Waals surface area contributed by atoms with Crippen LogP contribution in [0.4, 0.5) is 0 Å². The lowest BCUT2D eigenvalue weighted by Gasteiger charge is -2.05. The van der Waals surface area contributed by atoms with Gasteiger partial charge in [-0.3, -0.25) is 4.79 Å². The molecule has 4 rings (SSSR count). The Kier molecular flexibility index (Phi) is 3.23. The molecule has 0 N–H and O–H groups in total. The predicted molar refractivity (Wildman–Crippen MR) is 90.4 cm³/mol. The Balaban J connectivity index is 1.87. The molecule has 0 radical (unpaired) electrons. The molecule has 0 aliphatic carbocycles. The van der Waals surface area contributed by atoms with Crippen LogP contribution in [0.15, 0.2) is 57.7 Å². The van der Waals surface area contributed by atoms with E-state index in [0.29, 0.717) is 11.4 Å². The monoisotopic (exact) mass is 318 g/mol. The highest BCUT2D eigenvalue weighted by atomic mass is 16.4. The average molecular weight is 318 g/mol. The summed E-state index contributed by atoms with van der Waals surface area (Å²) >= 11 is 0. The number of para-hydroxylation sites is 2. The summed E-state index contributed by atoms with van der Waals surface area (Å²) < 4.78 is 7.23. The highest BCUT2D eigenvalue weighted by Gasteiger charge is 2.17. The van der Waals surface area contributed by atoms with Gasteiger partial charge in [0.1, 0.15) is 0 Å². The van der Waals surface area contributed by atoms with Gasteiger partial charge in [-0.1, -0.05) is 29.8 Å². The molecule has 6 heteroatoms. The van der Waals surface area contributed by atoms with Crippen LogP contribution in [-0.4, -0.2) is 19.7 Å². The Morgan fingerprint density at radius 1 is 1.00 bits per heavy atom. The summed E-state index contributed by atoms with van der Waals surface area (Å²) in [6.07, 6.45) is 0. The first-order valence-corrected chi connectivity index (χ1v) is 7.50. The van der Waals surface area contributed by atoms with E-state index in [0.717, 1.165) is 16.6 Å². The van der Waals surface area contributed by atoms with Gasteiger partial charge in [0.2, 0.25) is 5.89 Å². The number of benzene rings is 2. The average Bonchev–Trinajstić information content (AvgIpc) is 3.08. The van der Waals surface area contributed by atoms with Gasteiger partial charge < -0.3 is 8.98 Å². The van der Waals surface area contributed by atoms with E-state index in [-0.39, 0.29) is 17.1 Å². The van der Waals surface area contributed by atoms with E-state index in [1.807, 2.05) is 55.5 Å². The standard InChI is InChI=1S/C18H14N4O2/c1-11-6-5-7-12(10-11)16-20-21-17(24-16)15-18(23)22(2)14-9-4-3-8-13(14)19-15/h3-10H,1-2H3. The number of hydrogen-bond donors (Lipinski definition) is 0. The van der Waals surface area contributed by atoms with Crippen molar-refractivity contribution in [2.75, 3.05) is 0 Å². The van der Waals surface area contributed by atoms with E-state index in [2.05, 4.69) is 15.2 Å². The van der Waals surface area contributed by atoms with Crippen molar-refractivity contribution >= 4 is 11.0 Å². The van der Waals surface area contributed by atoms with Crippen molar-refractivity contribution in [3.8, 4) is 23.0 Å². The van der Waals surface area contributed by atoms with Gasteiger partial charge in [0.25, 0.3) is 11.4 Å². The van der Waals surface area contributed by atoms with Crippen molar-refractivity contribution < 1.29 is 4.42 Å². The largest absolute Gasteiger partial charge is 0.414 e. The normalized spacial score (nSPS) is 11.1. The number of aromatic nitrogens is 4. The highest BCUT2D eigenvalue weighted by Crippen LogP contribution is 2.23. The molecule has 0 fully saturated rings. The zero-order chi connectivity index (χ0) is 16.7. The molecule has 2 aromatic carbocycles. The number of fused-ring (bicyclic) bond motifs is 1. The molecule has 0 bridgehead atoms. The summed E-state index contributed by atoms with van der Waals surface area (Å²) in [6, 6.07) is 15.2. The summed E-state index contributed by atoms with van der Waals surface area (Å²) in [5, 5.41) is 8.06. The molecular formula is C18H14N4O2. The maximum absolute atomic E-state index is 12.6. The molecule has 0 saturated carbocycles. The maximum atomic E-state index is 12.6. The molecule has 118 valence electrons. The maximum Gasteiger partial charge on any atom is 0.282 e. The van der Waals surface area contributed by atoms with Gasteiger partial charge in [-0.25, -0.2) is 4.98 Å². The molecule has 2 heterocycles. The quantitative estimate of drug-likeness (QED) is 0.568. The van der Waals surface area contributed by atoms with Gasteiger partial charge in [0.15, 0.2) is 5.69 Å². The van der Waals surface area contributed by atoms with Gasteiger partial charge in [-0.05, 0) is 31.2 Å². The zero-order valence-corrected chi connectivity index (χ0v) is 13.2. The smallest absolute Gasteiger partial charge is 0.282 e. The van der Waals surface area contributed by atoms with E-state index in [9.17, 15) is 4.79 Å². The summed E-state index contributed by atoms with van der Waals surface area (Å²) in [4.78, 5) is 17.0. The van der Waals surface area contributed by atoms with Crippen LogP contribution < -0.4 is 5.56 Å². The summed E-state index contributed by atoms with van der Waals surface area (Å²) in [6.45, 7) is 1.99. The molecule has 6 nitrogen and oxygen atoms in total. The molecule has 0 spiro atoms. The Bertz CT molecular complexity index is 1110. The van der Waals surface area contributed by atoms with Crippen LogP contribution in [0.25, 0.3) is 34.1 Å². The van der Waals surface area contributed by atoms with Crippen molar-refractivity contribution in [1.82, 2.24) is 19.7 Å². The van der Waals surface area contributed by atoms with Crippen LogP contribution in [-0.2, 0) is 7.05 Å². The molecular weight excluding hydrogens is 304 g/mol. The van der Waals surface area contributed by atoms with E-state index >= 15 is 0 Å². The number of aryl methyl sites for hydroxylation is 2. The van der Waals surface area contributed by atoms with Crippen LogP contribution in [0, 0.1) is 6.92 Å². The molecule has 24 heavy (non-hydrogen) atoms. The lowest BCUT2D eigenvalue weighted by Crippen LogP contribution is -2.20. The minimum atomic E-state index is -0.270. The first-order valence-electron chi connectivity index (χ1n) is 7.50. The number of nitrogens with zero attached hydrogens (tertiary/aromatic N) is 4. The van der Waals surface area contributed by atoms with Crippen molar-refractivity contribution in [2.24, 2.45) is 7.05 Å². The van der Waals surface area contributed by atoms with Crippen LogP contribution in [0.1, 0.15) is 5.56 Å². The molecule has 0 unspecified atom stereocenters. The summed E-state index contributed by atoms with van der Waals surface area (Å²) in [5.74, 6) is 0.489. The summed E-state index contributed by atoms with van der Waals surface area (Å²) in [7, 11) is 1.70. The van der Waals surface area contributed by atoms with Crippen molar-refractivity contribution in [1.29, 1.82) is 0 Å². The fraction of sp³-hybridized carbons (Fsp3) is 0.111. The van der Waals surface area contributed by atoms with Crippen molar-refractivity contribution in [3.63, 3.8) is 0 Å². The van der Waals surface area contributed by atoms with Crippen LogP contribution in [0.3, 0.4) is 0 Å². The highest BCUT2D eigenvalue weighted by molar-refractivity contribution is 5.76. The van der Waals surface area contributed by atoms with E-state index in [1.54, 1.807) is 7.05 Å². The molecule has 0 aliphatic heterocycles. The second kappa shape index (κ2) is 5.42. The van der Waals surface area contributed by atoms with Gasteiger partial charge >= 0.3 is 0 Å². The van der Waals surface area contributed by atoms with Gasteiger partial charge in [0.05, 0.1) is 11.0 Å². The second-order valence-electron chi connectivity index (χ2n) is 5.60. The Morgan fingerprint density at radius 2 is 1.79 bits per heavy atom. The third-order valence-corrected chi connectivity index (χ3v) is 3.88. The second-order valence-corrected chi connectivity index (χ2v) is 5.60. The topological polar surface area (TPSA) is 73.8 Å². The van der Waals surface area contributed by atoms with Crippen molar-refractivity contribution in [2.45, 2.75) is 6.92 Å². The van der Waals surface area contributed by atoms with Crippen molar-refractivity contribution in [3.05, 3.63) is 64.4 Å². The van der Waals surface area contributed by atoms with Gasteiger partial charge in [-0.15, -0.1) is 10.2 Å². The molecule has 0 saturated heterocycles. The Hall–Kier alpha value is -3.28. The predicted octanol–water partition coefficient (Wildman–Crippen LogP) is 2.96. The third kappa shape index (κ3) is 2.28. The number of hydrogen-bond acceptors (Lipinski definition) is 5. The summed E-state index contributed by atoms with van der Waals surface area (Å²) in [5.41, 5.74) is 3.24. The van der Waals surface area contributed by atoms with Crippen LogP contribution >= 0.6 is 0 Å². The first-order chi connectivity index (χ1) is 11.6. The fourth-order valence-electron chi connectivity index (χ4n) is 2.63. The van der Waals surface area contributed by atoms with Gasteiger partial charge in [0, 0.05) is 12.6 Å². The van der Waals surface area contributed by atoms with Gasteiger partial charge in [-0.2, -0.15) is 0 Å². The minimum absolute atomic E-state index is 0.123.